The number of hydrogen-bond donors (Lipinski definition) is 1. The van der Waals surface area contributed by atoms with Crippen molar-refractivity contribution in [1.29, 1.82) is 0 Å². The highest BCUT2D eigenvalue weighted by Crippen LogP contribution is 2.34. The average molecular weight is 344 g/mol. The second-order valence-corrected chi connectivity index (χ2v) is 7.08. The van der Waals surface area contributed by atoms with Crippen LogP contribution < -0.4 is 5.32 Å². The molecule has 6 nitrogen and oxygen atoms in total. The molecule has 126 valence electrons. The fourth-order valence-corrected chi connectivity index (χ4v) is 4.20. The molecule has 0 bridgehead atoms. The molecule has 2 aliphatic rings. The Hall–Kier alpha value is -1.99. The van der Waals surface area contributed by atoms with E-state index in [2.05, 4.69) is 15.3 Å². The van der Waals surface area contributed by atoms with Crippen molar-refractivity contribution in [2.45, 2.75) is 12.5 Å². The predicted octanol–water partition coefficient (Wildman–Crippen LogP) is 2.13. The van der Waals surface area contributed by atoms with Crippen LogP contribution in [0.4, 0.5) is 5.95 Å². The van der Waals surface area contributed by atoms with E-state index in [1.807, 2.05) is 21.7 Å². The predicted molar refractivity (Wildman–Crippen MR) is 92.1 cm³/mol. The van der Waals surface area contributed by atoms with Gasteiger partial charge in [0, 0.05) is 43.3 Å². The van der Waals surface area contributed by atoms with Gasteiger partial charge in [-0.25, -0.2) is 9.97 Å². The van der Waals surface area contributed by atoms with Crippen LogP contribution >= 0.6 is 11.3 Å². The molecular weight excluding hydrogens is 324 g/mol. The minimum absolute atomic E-state index is 0.0943. The van der Waals surface area contributed by atoms with Gasteiger partial charge in [-0.1, -0.05) is 0 Å². The molecule has 2 fully saturated rings. The van der Waals surface area contributed by atoms with Crippen molar-refractivity contribution in [1.82, 2.24) is 14.9 Å². The van der Waals surface area contributed by atoms with Crippen LogP contribution in [0.5, 0.6) is 0 Å². The number of rotatable bonds is 4. The largest absolute Gasteiger partial charge is 0.376 e. The third kappa shape index (κ3) is 3.14. The number of carbonyl (C=O) groups is 1. The molecule has 2 aromatic rings. The van der Waals surface area contributed by atoms with Gasteiger partial charge >= 0.3 is 0 Å². The van der Waals surface area contributed by atoms with Crippen LogP contribution in [0.3, 0.4) is 0 Å². The van der Waals surface area contributed by atoms with E-state index in [-0.39, 0.29) is 12.0 Å². The van der Waals surface area contributed by atoms with Gasteiger partial charge in [-0.05, 0) is 29.9 Å². The van der Waals surface area contributed by atoms with Crippen molar-refractivity contribution in [3.05, 3.63) is 40.8 Å². The summed E-state index contributed by atoms with van der Waals surface area (Å²) in [5.41, 5.74) is 0.796. The highest BCUT2D eigenvalue weighted by Gasteiger charge is 2.42. The van der Waals surface area contributed by atoms with Crippen molar-refractivity contribution < 1.29 is 9.53 Å². The number of fused-ring (bicyclic) bond motifs is 1. The zero-order chi connectivity index (χ0) is 16.4. The molecule has 2 saturated heterocycles. The molecule has 0 saturated carbocycles. The van der Waals surface area contributed by atoms with Crippen molar-refractivity contribution in [3.63, 3.8) is 0 Å². The number of anilines is 1. The van der Waals surface area contributed by atoms with Crippen molar-refractivity contribution in [3.8, 4) is 0 Å². The zero-order valence-corrected chi connectivity index (χ0v) is 14.1. The van der Waals surface area contributed by atoms with E-state index >= 15 is 0 Å². The normalized spacial score (nSPS) is 26.2. The van der Waals surface area contributed by atoms with Gasteiger partial charge in [0.15, 0.2) is 0 Å². The van der Waals surface area contributed by atoms with Crippen LogP contribution in [0.1, 0.15) is 16.8 Å². The van der Waals surface area contributed by atoms with E-state index in [9.17, 15) is 4.79 Å². The number of piperidine rings is 1. The van der Waals surface area contributed by atoms with E-state index < -0.39 is 0 Å². The Bertz CT molecular complexity index is 679. The Kier molecular flexibility index (Phi) is 4.44. The molecule has 0 aromatic carbocycles. The summed E-state index contributed by atoms with van der Waals surface area (Å²) in [4.78, 5) is 22.9. The maximum absolute atomic E-state index is 12.6. The standard InChI is InChI=1S/C17H20N4O2S/c22-16(13-3-7-24-11-13)21-6-2-12-10-23-15(14(12)9-21)8-20-17-18-4-1-5-19-17/h1,3-5,7,11-12,14-15H,2,6,8-10H2,(H,18,19,20)/t12-,14-,15+/m0/s1. The van der Waals surface area contributed by atoms with Gasteiger partial charge < -0.3 is 15.0 Å². The van der Waals surface area contributed by atoms with Crippen LogP contribution in [-0.2, 0) is 4.74 Å². The van der Waals surface area contributed by atoms with Gasteiger partial charge in [0.1, 0.15) is 0 Å². The Morgan fingerprint density at radius 2 is 2.29 bits per heavy atom. The topological polar surface area (TPSA) is 67.3 Å². The molecule has 2 aromatic heterocycles. The number of carbonyl (C=O) groups excluding carboxylic acids is 1. The Balaban J connectivity index is 1.39. The van der Waals surface area contributed by atoms with E-state index in [1.165, 1.54) is 0 Å². The maximum atomic E-state index is 12.6. The lowest BCUT2D eigenvalue weighted by atomic mass is 9.84. The van der Waals surface area contributed by atoms with Crippen LogP contribution in [0, 0.1) is 11.8 Å². The molecule has 3 atom stereocenters. The Morgan fingerprint density at radius 1 is 1.42 bits per heavy atom. The number of nitrogens with one attached hydrogen (secondary N) is 1. The highest BCUT2D eigenvalue weighted by molar-refractivity contribution is 7.08. The summed E-state index contributed by atoms with van der Waals surface area (Å²) >= 11 is 1.56. The third-order valence-corrected chi connectivity index (χ3v) is 5.57. The van der Waals surface area contributed by atoms with E-state index in [0.29, 0.717) is 24.3 Å². The summed E-state index contributed by atoms with van der Waals surface area (Å²) in [6.07, 6.45) is 4.54. The summed E-state index contributed by atoms with van der Waals surface area (Å²) in [6.45, 7) is 3.04. The molecule has 1 amide bonds. The molecule has 0 unspecified atom stereocenters. The van der Waals surface area contributed by atoms with Crippen LogP contribution in [-0.4, -0.2) is 53.1 Å². The van der Waals surface area contributed by atoms with Crippen LogP contribution in [0.25, 0.3) is 0 Å². The first-order chi connectivity index (χ1) is 11.8. The molecule has 4 rings (SSSR count). The minimum atomic E-state index is 0.0943. The average Bonchev–Trinajstić information content (AvgIpc) is 3.30. The lowest BCUT2D eigenvalue weighted by Crippen LogP contribution is -2.46. The molecule has 2 aliphatic heterocycles. The van der Waals surface area contributed by atoms with Gasteiger partial charge in [0.25, 0.3) is 5.91 Å². The van der Waals surface area contributed by atoms with E-state index in [0.717, 1.165) is 31.7 Å². The number of ether oxygens (including phenoxy) is 1. The fourth-order valence-electron chi connectivity index (χ4n) is 3.58. The van der Waals surface area contributed by atoms with Gasteiger partial charge in [0.2, 0.25) is 5.95 Å². The van der Waals surface area contributed by atoms with E-state index in [4.69, 9.17) is 4.74 Å². The molecule has 0 spiro atoms. The highest BCUT2D eigenvalue weighted by atomic mass is 32.1. The lowest BCUT2D eigenvalue weighted by molar-refractivity contribution is 0.0577. The van der Waals surface area contributed by atoms with E-state index in [1.54, 1.807) is 29.8 Å². The monoisotopic (exact) mass is 344 g/mol. The smallest absolute Gasteiger partial charge is 0.254 e. The first-order valence-corrected chi connectivity index (χ1v) is 9.19. The minimum Gasteiger partial charge on any atom is -0.376 e. The Morgan fingerprint density at radius 3 is 3.08 bits per heavy atom. The summed E-state index contributed by atoms with van der Waals surface area (Å²) in [5.74, 6) is 1.67. The molecule has 7 heteroatoms. The van der Waals surface area contributed by atoms with Crippen molar-refractivity contribution in [2.75, 3.05) is 31.6 Å². The molecule has 24 heavy (non-hydrogen) atoms. The summed E-state index contributed by atoms with van der Waals surface area (Å²) < 4.78 is 5.99. The first kappa shape index (κ1) is 15.5. The first-order valence-electron chi connectivity index (χ1n) is 8.25. The number of amides is 1. The van der Waals surface area contributed by atoms with Gasteiger partial charge in [0.05, 0.1) is 18.3 Å². The molecular formula is C17H20N4O2S. The molecule has 0 radical (unpaired) electrons. The van der Waals surface area contributed by atoms with Crippen molar-refractivity contribution >= 4 is 23.2 Å². The fraction of sp³-hybridized carbons (Fsp3) is 0.471. The zero-order valence-electron chi connectivity index (χ0n) is 13.3. The maximum Gasteiger partial charge on any atom is 0.254 e. The van der Waals surface area contributed by atoms with Crippen LogP contribution in [0.2, 0.25) is 0 Å². The summed E-state index contributed by atoms with van der Waals surface area (Å²) in [5, 5.41) is 7.11. The van der Waals surface area contributed by atoms with Crippen molar-refractivity contribution in [2.24, 2.45) is 11.8 Å². The summed E-state index contributed by atoms with van der Waals surface area (Å²) in [6, 6.07) is 3.69. The molecule has 4 heterocycles. The second kappa shape index (κ2) is 6.86. The Labute approximate surface area is 144 Å². The second-order valence-electron chi connectivity index (χ2n) is 6.30. The van der Waals surface area contributed by atoms with Gasteiger partial charge in [-0.2, -0.15) is 11.3 Å². The molecule has 0 aliphatic carbocycles. The number of thiophene rings is 1. The quantitative estimate of drug-likeness (QED) is 0.920. The third-order valence-electron chi connectivity index (χ3n) is 4.89. The lowest BCUT2D eigenvalue weighted by Gasteiger charge is -2.36. The molecule has 1 N–H and O–H groups in total. The number of hydrogen-bond acceptors (Lipinski definition) is 6. The number of likely N-dealkylation sites (tertiary alicyclic amines) is 1. The van der Waals surface area contributed by atoms with Gasteiger partial charge in [-0.15, -0.1) is 0 Å². The van der Waals surface area contributed by atoms with Crippen LogP contribution in [0.15, 0.2) is 35.3 Å². The summed E-state index contributed by atoms with van der Waals surface area (Å²) in [7, 11) is 0. The number of nitrogens with zero attached hydrogens (tertiary/aromatic N) is 3. The SMILES string of the molecule is O=C(c1ccsc1)N1CC[C@H]2CO[C@H](CNc3ncccn3)[C@H]2C1. The number of aromatic nitrogens is 2. The van der Waals surface area contributed by atoms with Gasteiger partial charge in [-0.3, -0.25) is 4.79 Å².